The number of likely N-dealkylation sites (tertiary alicyclic amines) is 1. The van der Waals surface area contributed by atoms with E-state index in [1.807, 2.05) is 0 Å². The van der Waals surface area contributed by atoms with Gasteiger partial charge in [-0.15, -0.1) is 5.10 Å². The average molecular weight is 366 g/mol. The Morgan fingerprint density at radius 2 is 1.88 bits per heavy atom. The Labute approximate surface area is 147 Å². The second-order valence-electron chi connectivity index (χ2n) is 5.98. The minimum atomic E-state index is -0.689. The van der Waals surface area contributed by atoms with E-state index in [1.165, 1.54) is 0 Å². The Morgan fingerprint density at radius 3 is 2.48 bits per heavy atom. The van der Waals surface area contributed by atoms with Crippen LogP contribution in [0.1, 0.15) is 43.1 Å². The number of carbonyl (C=O) groups is 4. The third kappa shape index (κ3) is 3.39. The molecule has 134 valence electrons. The van der Waals surface area contributed by atoms with E-state index in [4.69, 9.17) is 4.74 Å². The normalized spacial score (nSPS) is 22.7. The van der Waals surface area contributed by atoms with Crippen LogP contribution in [0.4, 0.5) is 5.00 Å². The lowest BCUT2D eigenvalue weighted by Gasteiger charge is -2.19. The molecule has 9 nitrogen and oxygen atoms in total. The lowest BCUT2D eigenvalue weighted by Crippen LogP contribution is -2.38. The summed E-state index contributed by atoms with van der Waals surface area (Å²) >= 11 is 0.829. The monoisotopic (exact) mass is 366 g/mol. The number of rotatable bonds is 5. The molecule has 2 unspecified atom stereocenters. The van der Waals surface area contributed by atoms with Gasteiger partial charge in [0.25, 0.3) is 0 Å². The Balaban J connectivity index is 1.65. The molecule has 25 heavy (non-hydrogen) atoms. The van der Waals surface area contributed by atoms with Crippen LogP contribution in [0, 0.1) is 11.8 Å². The zero-order valence-corrected chi connectivity index (χ0v) is 14.5. The number of aromatic nitrogens is 2. The van der Waals surface area contributed by atoms with Crippen molar-refractivity contribution in [2.75, 3.05) is 18.5 Å². The fourth-order valence-electron chi connectivity index (χ4n) is 3.30. The van der Waals surface area contributed by atoms with E-state index < -0.39 is 11.9 Å². The standard InChI is InChI=1S/C15H18N4O5S/c1-2-24-15(23)11-12(25-18-17-11)16-10(20)7-19-13(21)8-5-3-4-6-9(8)14(19)22/h8-9H,2-7H2,1H3,(H,16,20). The maximum absolute atomic E-state index is 12.4. The van der Waals surface area contributed by atoms with Crippen LogP contribution in [0.3, 0.4) is 0 Å². The summed E-state index contributed by atoms with van der Waals surface area (Å²) in [6, 6.07) is 0. The van der Waals surface area contributed by atoms with Gasteiger partial charge >= 0.3 is 5.97 Å². The van der Waals surface area contributed by atoms with Crippen LogP contribution < -0.4 is 5.32 Å². The third-order valence-electron chi connectivity index (χ3n) is 4.44. The highest BCUT2D eigenvalue weighted by molar-refractivity contribution is 7.10. The second kappa shape index (κ2) is 7.26. The molecule has 1 saturated heterocycles. The van der Waals surface area contributed by atoms with Gasteiger partial charge in [0.15, 0.2) is 5.00 Å². The summed E-state index contributed by atoms with van der Waals surface area (Å²) in [5.74, 6) is -2.41. The van der Waals surface area contributed by atoms with Crippen LogP contribution >= 0.6 is 11.5 Å². The topological polar surface area (TPSA) is 119 Å². The molecule has 1 aliphatic heterocycles. The van der Waals surface area contributed by atoms with E-state index in [2.05, 4.69) is 14.9 Å². The Kier molecular flexibility index (Phi) is 5.07. The predicted octanol–water partition coefficient (Wildman–Crippen LogP) is 0.828. The van der Waals surface area contributed by atoms with Crippen molar-refractivity contribution in [1.29, 1.82) is 0 Å². The van der Waals surface area contributed by atoms with Gasteiger partial charge in [0, 0.05) is 11.5 Å². The van der Waals surface area contributed by atoms with E-state index in [1.54, 1.807) is 6.92 Å². The van der Waals surface area contributed by atoms with Crippen molar-refractivity contribution >= 4 is 40.2 Å². The molecule has 2 heterocycles. The number of amides is 3. The number of nitrogens with zero attached hydrogens (tertiary/aromatic N) is 3. The molecule has 1 saturated carbocycles. The lowest BCUT2D eigenvalue weighted by molar-refractivity contribution is -0.142. The van der Waals surface area contributed by atoms with Crippen LogP contribution in [0.2, 0.25) is 0 Å². The summed E-state index contributed by atoms with van der Waals surface area (Å²) in [7, 11) is 0. The first kappa shape index (κ1) is 17.5. The fourth-order valence-corrected chi connectivity index (χ4v) is 3.88. The molecule has 2 fully saturated rings. The number of esters is 1. The number of fused-ring (bicyclic) bond motifs is 1. The number of ether oxygens (including phenoxy) is 1. The Morgan fingerprint density at radius 1 is 1.24 bits per heavy atom. The van der Waals surface area contributed by atoms with Crippen molar-refractivity contribution in [1.82, 2.24) is 14.5 Å². The fraction of sp³-hybridized carbons (Fsp3) is 0.600. The van der Waals surface area contributed by atoms with E-state index in [9.17, 15) is 19.2 Å². The van der Waals surface area contributed by atoms with Crippen molar-refractivity contribution in [2.24, 2.45) is 11.8 Å². The Hall–Kier alpha value is -2.36. The highest BCUT2D eigenvalue weighted by Gasteiger charge is 2.48. The van der Waals surface area contributed by atoms with Crippen LogP contribution in [-0.2, 0) is 19.1 Å². The largest absolute Gasteiger partial charge is 0.461 e. The molecule has 0 spiro atoms. The van der Waals surface area contributed by atoms with Crippen LogP contribution in [0.25, 0.3) is 0 Å². The number of hydrogen-bond donors (Lipinski definition) is 1. The smallest absolute Gasteiger partial charge is 0.362 e. The van der Waals surface area contributed by atoms with Gasteiger partial charge in [-0.05, 0) is 19.8 Å². The van der Waals surface area contributed by atoms with E-state index in [0.717, 1.165) is 29.3 Å². The van der Waals surface area contributed by atoms with Gasteiger partial charge in [-0.2, -0.15) is 0 Å². The number of hydrogen-bond acceptors (Lipinski definition) is 8. The maximum atomic E-state index is 12.4. The van der Waals surface area contributed by atoms with Crippen LogP contribution in [-0.4, -0.2) is 51.3 Å². The van der Waals surface area contributed by atoms with E-state index >= 15 is 0 Å². The van der Waals surface area contributed by atoms with Crippen molar-refractivity contribution in [3.05, 3.63) is 5.69 Å². The second-order valence-corrected chi connectivity index (χ2v) is 6.73. The van der Waals surface area contributed by atoms with Gasteiger partial charge in [-0.1, -0.05) is 17.3 Å². The highest BCUT2D eigenvalue weighted by atomic mass is 32.1. The van der Waals surface area contributed by atoms with Crippen molar-refractivity contribution in [3.8, 4) is 0 Å². The van der Waals surface area contributed by atoms with Gasteiger partial charge < -0.3 is 10.1 Å². The van der Waals surface area contributed by atoms with Gasteiger partial charge in [-0.3, -0.25) is 19.3 Å². The van der Waals surface area contributed by atoms with Gasteiger partial charge in [0.05, 0.1) is 18.4 Å². The minimum absolute atomic E-state index is 0.0899. The molecule has 0 aromatic carbocycles. The molecule has 0 radical (unpaired) electrons. The first-order valence-corrected chi connectivity index (χ1v) is 8.94. The predicted molar refractivity (Wildman–Crippen MR) is 86.7 cm³/mol. The maximum Gasteiger partial charge on any atom is 0.362 e. The van der Waals surface area contributed by atoms with Crippen molar-refractivity contribution in [2.45, 2.75) is 32.6 Å². The molecule has 10 heteroatoms. The molecule has 1 N–H and O–H groups in total. The van der Waals surface area contributed by atoms with Crippen molar-refractivity contribution < 1.29 is 23.9 Å². The summed E-state index contributed by atoms with van der Waals surface area (Å²) in [5, 5.41) is 6.27. The molecular formula is C15H18N4O5S. The molecule has 3 amide bonds. The van der Waals surface area contributed by atoms with Crippen molar-refractivity contribution in [3.63, 3.8) is 0 Å². The summed E-state index contributed by atoms with van der Waals surface area (Å²) < 4.78 is 8.46. The minimum Gasteiger partial charge on any atom is -0.461 e. The van der Waals surface area contributed by atoms with Crippen LogP contribution in [0.5, 0.6) is 0 Å². The number of carbonyl (C=O) groups excluding carboxylic acids is 4. The third-order valence-corrected chi connectivity index (χ3v) is 5.09. The first-order valence-electron chi connectivity index (χ1n) is 8.17. The molecule has 1 aromatic heterocycles. The van der Waals surface area contributed by atoms with Gasteiger partial charge in [0.2, 0.25) is 23.4 Å². The van der Waals surface area contributed by atoms with Gasteiger partial charge in [0.1, 0.15) is 6.54 Å². The highest BCUT2D eigenvalue weighted by Crippen LogP contribution is 2.37. The summed E-state index contributed by atoms with van der Waals surface area (Å²) in [6.45, 7) is 1.45. The number of nitrogens with one attached hydrogen (secondary N) is 1. The molecule has 3 rings (SSSR count). The summed E-state index contributed by atoms with van der Waals surface area (Å²) in [6.07, 6.45) is 3.24. The summed E-state index contributed by atoms with van der Waals surface area (Å²) in [5.41, 5.74) is -0.0899. The zero-order valence-electron chi connectivity index (χ0n) is 13.7. The zero-order chi connectivity index (χ0) is 18.0. The van der Waals surface area contributed by atoms with Gasteiger partial charge in [-0.25, -0.2) is 4.79 Å². The molecule has 1 aliphatic carbocycles. The van der Waals surface area contributed by atoms with Crippen LogP contribution in [0.15, 0.2) is 0 Å². The average Bonchev–Trinajstić information content (AvgIpc) is 3.14. The summed E-state index contributed by atoms with van der Waals surface area (Å²) in [4.78, 5) is 49.8. The number of anilines is 1. The number of imide groups is 1. The first-order chi connectivity index (χ1) is 12.0. The van der Waals surface area contributed by atoms with E-state index in [-0.39, 0.29) is 47.5 Å². The SMILES string of the molecule is CCOC(=O)c1nnsc1NC(=O)CN1C(=O)C2CCCCC2C1=O. The molecule has 2 atom stereocenters. The molecule has 0 bridgehead atoms. The Bertz CT molecular complexity index is 695. The molecular weight excluding hydrogens is 348 g/mol. The van der Waals surface area contributed by atoms with E-state index in [0.29, 0.717) is 12.8 Å². The molecule has 1 aromatic rings. The quantitative estimate of drug-likeness (QED) is 0.605. The lowest BCUT2D eigenvalue weighted by atomic mass is 9.81. The molecule has 2 aliphatic rings.